The van der Waals surface area contributed by atoms with Crippen molar-refractivity contribution in [2.75, 3.05) is 5.32 Å². The fourth-order valence-corrected chi connectivity index (χ4v) is 1.89. The molecule has 1 heterocycles. The molecule has 8 heteroatoms. The Hall–Kier alpha value is -2.35. The number of nitrogens with one attached hydrogen (secondary N) is 1. The molecule has 0 fully saturated rings. The molecule has 108 valence electrons. The SMILES string of the molecule is Cc1cc([N+](=O)[O-])cc(C(=O)Nc2ccc(Br)cn2)c1F. The number of hydrogen-bond acceptors (Lipinski definition) is 4. The zero-order chi connectivity index (χ0) is 15.6. The van der Waals surface area contributed by atoms with Gasteiger partial charge in [0.05, 0.1) is 10.5 Å². The first-order chi connectivity index (χ1) is 9.88. The van der Waals surface area contributed by atoms with Gasteiger partial charge in [-0.3, -0.25) is 14.9 Å². The maximum Gasteiger partial charge on any atom is 0.270 e. The summed E-state index contributed by atoms with van der Waals surface area (Å²) in [6.07, 6.45) is 1.46. The maximum absolute atomic E-state index is 14.0. The first-order valence-electron chi connectivity index (χ1n) is 5.76. The molecular formula is C13H9BrFN3O3. The summed E-state index contributed by atoms with van der Waals surface area (Å²) in [5, 5.41) is 13.2. The molecule has 2 aromatic rings. The number of carbonyl (C=O) groups excluding carboxylic acids is 1. The van der Waals surface area contributed by atoms with Crippen molar-refractivity contribution in [3.63, 3.8) is 0 Å². The van der Waals surface area contributed by atoms with Crippen LogP contribution in [0.4, 0.5) is 15.9 Å². The van der Waals surface area contributed by atoms with Gasteiger partial charge in [0.1, 0.15) is 11.6 Å². The molecule has 1 N–H and O–H groups in total. The number of anilines is 1. The van der Waals surface area contributed by atoms with Crippen molar-refractivity contribution in [3.05, 3.63) is 62.0 Å². The Labute approximate surface area is 127 Å². The molecular weight excluding hydrogens is 345 g/mol. The fourth-order valence-electron chi connectivity index (χ4n) is 1.65. The van der Waals surface area contributed by atoms with Crippen LogP contribution in [0.15, 0.2) is 34.9 Å². The number of nitro benzene ring substituents is 1. The van der Waals surface area contributed by atoms with Gasteiger partial charge in [0.15, 0.2) is 0 Å². The smallest absolute Gasteiger partial charge is 0.270 e. The van der Waals surface area contributed by atoms with E-state index in [9.17, 15) is 19.3 Å². The molecule has 0 atom stereocenters. The molecule has 0 aliphatic heterocycles. The third-order valence-corrected chi connectivity index (χ3v) is 3.13. The summed E-state index contributed by atoms with van der Waals surface area (Å²) in [7, 11) is 0. The van der Waals surface area contributed by atoms with Crippen molar-refractivity contribution in [3.8, 4) is 0 Å². The predicted molar refractivity (Wildman–Crippen MR) is 77.7 cm³/mol. The molecule has 0 radical (unpaired) electrons. The number of benzene rings is 1. The number of nitro groups is 1. The van der Waals surface area contributed by atoms with Gasteiger partial charge in [-0.15, -0.1) is 0 Å². The Bertz CT molecular complexity index is 719. The topological polar surface area (TPSA) is 85.1 Å². The second-order valence-electron chi connectivity index (χ2n) is 4.20. The van der Waals surface area contributed by atoms with Gasteiger partial charge in [-0.25, -0.2) is 9.37 Å². The van der Waals surface area contributed by atoms with Crippen molar-refractivity contribution in [1.82, 2.24) is 4.98 Å². The average Bonchev–Trinajstić information content (AvgIpc) is 2.43. The lowest BCUT2D eigenvalue weighted by Crippen LogP contribution is -2.15. The van der Waals surface area contributed by atoms with Crippen LogP contribution in [-0.4, -0.2) is 15.8 Å². The highest BCUT2D eigenvalue weighted by atomic mass is 79.9. The summed E-state index contributed by atoms with van der Waals surface area (Å²) in [6.45, 7) is 1.36. The van der Waals surface area contributed by atoms with Gasteiger partial charge < -0.3 is 5.32 Å². The number of pyridine rings is 1. The van der Waals surface area contributed by atoms with Crippen LogP contribution in [0.5, 0.6) is 0 Å². The molecule has 0 aliphatic rings. The van der Waals surface area contributed by atoms with Crippen molar-refractivity contribution < 1.29 is 14.1 Å². The van der Waals surface area contributed by atoms with E-state index in [0.29, 0.717) is 0 Å². The van der Waals surface area contributed by atoms with E-state index in [0.717, 1.165) is 16.6 Å². The summed E-state index contributed by atoms with van der Waals surface area (Å²) >= 11 is 3.19. The number of non-ortho nitro benzene ring substituents is 1. The van der Waals surface area contributed by atoms with E-state index in [-0.39, 0.29) is 17.1 Å². The number of nitrogens with zero attached hydrogens (tertiary/aromatic N) is 2. The zero-order valence-electron chi connectivity index (χ0n) is 10.8. The molecule has 1 aromatic heterocycles. The van der Waals surface area contributed by atoms with Crippen LogP contribution in [0.2, 0.25) is 0 Å². The normalized spacial score (nSPS) is 10.2. The molecule has 0 aliphatic carbocycles. The largest absolute Gasteiger partial charge is 0.306 e. The van der Waals surface area contributed by atoms with E-state index < -0.39 is 22.2 Å². The van der Waals surface area contributed by atoms with Gasteiger partial charge in [0, 0.05) is 22.8 Å². The van der Waals surface area contributed by atoms with Gasteiger partial charge in [0.2, 0.25) is 0 Å². The molecule has 1 amide bonds. The number of halogens is 2. The first kappa shape index (κ1) is 15.0. The van der Waals surface area contributed by atoms with E-state index in [4.69, 9.17) is 0 Å². The molecule has 1 aromatic carbocycles. The van der Waals surface area contributed by atoms with E-state index in [2.05, 4.69) is 26.2 Å². The third kappa shape index (κ3) is 3.40. The standard InChI is InChI=1S/C13H9BrFN3O3/c1-7-4-9(18(20)21)5-10(12(7)15)13(19)17-11-3-2-8(14)6-16-11/h2-6H,1H3,(H,16,17,19). The number of rotatable bonds is 3. The molecule has 0 bridgehead atoms. The lowest BCUT2D eigenvalue weighted by molar-refractivity contribution is -0.385. The van der Waals surface area contributed by atoms with Crippen LogP contribution >= 0.6 is 15.9 Å². The van der Waals surface area contributed by atoms with Crippen LogP contribution in [0.25, 0.3) is 0 Å². The molecule has 0 saturated heterocycles. The molecule has 0 unspecified atom stereocenters. The van der Waals surface area contributed by atoms with Crippen molar-refractivity contribution >= 4 is 33.3 Å². The Kier molecular flexibility index (Phi) is 4.27. The minimum absolute atomic E-state index is 0.0260. The summed E-state index contributed by atoms with van der Waals surface area (Å²) in [6, 6.07) is 5.14. The average molecular weight is 354 g/mol. The van der Waals surface area contributed by atoms with Crippen LogP contribution in [0, 0.1) is 22.9 Å². The van der Waals surface area contributed by atoms with Gasteiger partial charge in [0.25, 0.3) is 11.6 Å². The summed E-state index contributed by atoms with van der Waals surface area (Å²) in [5.41, 5.74) is -0.715. The Balaban J connectivity index is 2.34. The molecule has 0 saturated carbocycles. The first-order valence-corrected chi connectivity index (χ1v) is 6.55. The van der Waals surface area contributed by atoms with Gasteiger partial charge in [-0.05, 0) is 40.5 Å². The highest BCUT2D eigenvalue weighted by molar-refractivity contribution is 9.10. The fraction of sp³-hybridized carbons (Fsp3) is 0.0769. The second kappa shape index (κ2) is 5.96. The molecule has 2 rings (SSSR count). The minimum atomic E-state index is -0.797. The number of aromatic nitrogens is 1. The predicted octanol–water partition coefficient (Wildman–Crippen LogP) is 3.45. The van der Waals surface area contributed by atoms with Gasteiger partial charge in [-0.2, -0.15) is 0 Å². The quantitative estimate of drug-likeness (QED) is 0.676. The third-order valence-electron chi connectivity index (χ3n) is 2.66. The monoisotopic (exact) mass is 353 g/mol. The van der Waals surface area contributed by atoms with Gasteiger partial charge in [-0.1, -0.05) is 0 Å². The Morgan fingerprint density at radius 2 is 2.14 bits per heavy atom. The number of amides is 1. The lowest BCUT2D eigenvalue weighted by Gasteiger charge is -2.07. The van der Waals surface area contributed by atoms with Crippen LogP contribution < -0.4 is 5.32 Å². The van der Waals surface area contributed by atoms with Crippen LogP contribution in [-0.2, 0) is 0 Å². The Morgan fingerprint density at radius 1 is 1.43 bits per heavy atom. The highest BCUT2D eigenvalue weighted by Gasteiger charge is 2.20. The summed E-state index contributed by atoms with van der Waals surface area (Å²) < 4.78 is 14.7. The minimum Gasteiger partial charge on any atom is -0.306 e. The second-order valence-corrected chi connectivity index (χ2v) is 5.11. The Morgan fingerprint density at radius 3 is 2.71 bits per heavy atom. The van der Waals surface area contributed by atoms with Crippen molar-refractivity contribution in [1.29, 1.82) is 0 Å². The van der Waals surface area contributed by atoms with E-state index in [1.165, 1.54) is 19.2 Å². The van der Waals surface area contributed by atoms with E-state index in [1.807, 2.05) is 0 Å². The zero-order valence-corrected chi connectivity index (χ0v) is 12.3. The molecule has 21 heavy (non-hydrogen) atoms. The lowest BCUT2D eigenvalue weighted by atomic mass is 10.1. The van der Waals surface area contributed by atoms with Crippen LogP contribution in [0.1, 0.15) is 15.9 Å². The summed E-state index contributed by atoms with van der Waals surface area (Å²) in [5.74, 6) is -1.38. The van der Waals surface area contributed by atoms with Crippen molar-refractivity contribution in [2.45, 2.75) is 6.92 Å². The van der Waals surface area contributed by atoms with E-state index >= 15 is 0 Å². The highest BCUT2D eigenvalue weighted by Crippen LogP contribution is 2.22. The molecule has 6 nitrogen and oxygen atoms in total. The van der Waals surface area contributed by atoms with Gasteiger partial charge >= 0.3 is 0 Å². The van der Waals surface area contributed by atoms with Crippen LogP contribution in [0.3, 0.4) is 0 Å². The van der Waals surface area contributed by atoms with Crippen molar-refractivity contribution in [2.24, 2.45) is 0 Å². The number of carbonyl (C=O) groups is 1. The number of aryl methyl sites for hydroxylation is 1. The maximum atomic E-state index is 14.0. The van der Waals surface area contributed by atoms with E-state index in [1.54, 1.807) is 6.07 Å². The molecule has 0 spiro atoms. The summed E-state index contributed by atoms with van der Waals surface area (Å²) in [4.78, 5) is 26.0. The number of hydrogen-bond donors (Lipinski definition) is 1.